The zero-order chi connectivity index (χ0) is 13.0. The number of aliphatic carboxylic acids is 1. The van der Waals surface area contributed by atoms with Crippen LogP contribution in [0.2, 0.25) is 0 Å². The molecule has 1 aromatic rings. The fourth-order valence-corrected chi connectivity index (χ4v) is 1.60. The van der Waals surface area contributed by atoms with Crippen LogP contribution in [-0.2, 0) is 4.79 Å². The highest BCUT2D eigenvalue weighted by Gasteiger charge is 2.25. The molecule has 0 amide bonds. The number of hydrogen-bond acceptors (Lipinski definition) is 4. The third-order valence-electron chi connectivity index (χ3n) is 2.21. The number of phenolic OH excluding ortho intramolecular Hbond substituents is 1. The topological polar surface area (TPSA) is 94.8 Å². The molecular weight excluding hydrogens is 248 g/mol. The number of aliphatic hydroxyl groups is 1. The first-order valence-corrected chi connectivity index (χ1v) is 5.34. The number of phenols is 1. The van der Waals surface area contributed by atoms with Crippen LogP contribution in [0.5, 0.6) is 5.75 Å². The number of rotatable bonds is 5. The maximum atomic E-state index is 11.6. The van der Waals surface area contributed by atoms with Crippen LogP contribution >= 0.6 is 11.6 Å². The van der Waals surface area contributed by atoms with Gasteiger partial charge in [0.15, 0.2) is 11.9 Å². The molecule has 0 radical (unpaired) electrons. The molecule has 1 unspecified atom stereocenters. The largest absolute Gasteiger partial charge is 0.508 e. The van der Waals surface area contributed by atoms with E-state index in [2.05, 4.69) is 0 Å². The van der Waals surface area contributed by atoms with Crippen LogP contribution in [-0.4, -0.2) is 33.0 Å². The summed E-state index contributed by atoms with van der Waals surface area (Å²) in [5, 5.41) is 27.6. The molecule has 0 aliphatic rings. The van der Waals surface area contributed by atoms with Crippen LogP contribution in [0, 0.1) is 0 Å². The van der Waals surface area contributed by atoms with E-state index in [4.69, 9.17) is 16.7 Å². The summed E-state index contributed by atoms with van der Waals surface area (Å²) in [5.74, 6) is -2.31. The first kappa shape index (κ1) is 13.5. The van der Waals surface area contributed by atoms with Gasteiger partial charge in [-0.3, -0.25) is 4.79 Å². The number of carbonyl (C=O) groups is 2. The minimum absolute atomic E-state index is 0.00431. The fourth-order valence-electron chi connectivity index (χ4n) is 1.43. The number of benzene rings is 1. The molecule has 3 N–H and O–H groups in total. The second kappa shape index (κ2) is 5.65. The average molecular weight is 259 g/mol. The number of carbonyl (C=O) groups excluding carboxylic acids is 1. The molecule has 0 aliphatic carbocycles. The molecule has 1 aromatic carbocycles. The highest BCUT2D eigenvalue weighted by atomic mass is 35.5. The van der Waals surface area contributed by atoms with Crippen LogP contribution in [0.3, 0.4) is 0 Å². The second-order valence-electron chi connectivity index (χ2n) is 3.34. The van der Waals surface area contributed by atoms with Crippen LogP contribution in [0.15, 0.2) is 18.2 Å². The van der Waals surface area contributed by atoms with Crippen molar-refractivity contribution in [2.45, 2.75) is 12.5 Å². The van der Waals surface area contributed by atoms with E-state index in [1.807, 2.05) is 0 Å². The van der Waals surface area contributed by atoms with Crippen molar-refractivity contribution in [3.8, 4) is 5.75 Å². The lowest BCUT2D eigenvalue weighted by Gasteiger charge is -2.12. The minimum atomic E-state index is -1.94. The summed E-state index contributed by atoms with van der Waals surface area (Å²) < 4.78 is 0. The first-order valence-electron chi connectivity index (χ1n) is 4.81. The van der Waals surface area contributed by atoms with Gasteiger partial charge in [-0.15, -0.1) is 11.6 Å². The number of carboxylic acid groups (broad SMARTS) is 1. The standard InChI is InChI=1S/C11H11ClO5/c12-5-4-7(13)6-2-1-3-8(14)9(6)10(15)11(16)17/h1-3,10,14-15H,4-5H2,(H,16,17). The highest BCUT2D eigenvalue weighted by molar-refractivity contribution is 6.19. The molecule has 0 aliphatic heterocycles. The molecule has 0 fully saturated rings. The molecular formula is C11H11ClO5. The monoisotopic (exact) mass is 258 g/mol. The predicted molar refractivity (Wildman–Crippen MR) is 60.4 cm³/mol. The maximum absolute atomic E-state index is 11.6. The first-order chi connectivity index (χ1) is 7.99. The van der Waals surface area contributed by atoms with Gasteiger partial charge in [0, 0.05) is 23.4 Å². The van der Waals surface area contributed by atoms with E-state index in [1.54, 1.807) is 0 Å². The molecule has 0 spiro atoms. The second-order valence-corrected chi connectivity index (χ2v) is 3.72. The van der Waals surface area contributed by atoms with E-state index in [-0.39, 0.29) is 23.4 Å². The number of halogens is 1. The molecule has 5 nitrogen and oxygen atoms in total. The van der Waals surface area contributed by atoms with Crippen LogP contribution in [0.4, 0.5) is 0 Å². The number of aromatic hydroxyl groups is 1. The van der Waals surface area contributed by atoms with Crippen LogP contribution in [0.25, 0.3) is 0 Å². The Morgan fingerprint density at radius 1 is 1.35 bits per heavy atom. The molecule has 92 valence electrons. The van der Waals surface area contributed by atoms with Gasteiger partial charge in [0.1, 0.15) is 5.75 Å². The summed E-state index contributed by atoms with van der Waals surface area (Å²) in [6.45, 7) is 0. The Hall–Kier alpha value is -1.59. The third kappa shape index (κ3) is 2.95. The summed E-state index contributed by atoms with van der Waals surface area (Å²) in [7, 11) is 0. The highest BCUT2D eigenvalue weighted by Crippen LogP contribution is 2.29. The van der Waals surface area contributed by atoms with Crippen LogP contribution < -0.4 is 0 Å². The molecule has 0 saturated carbocycles. The third-order valence-corrected chi connectivity index (χ3v) is 2.40. The molecule has 0 saturated heterocycles. The van der Waals surface area contributed by atoms with Gasteiger partial charge in [-0.05, 0) is 6.07 Å². The number of alkyl halides is 1. The van der Waals surface area contributed by atoms with Gasteiger partial charge in [-0.1, -0.05) is 12.1 Å². The Morgan fingerprint density at radius 3 is 2.53 bits per heavy atom. The SMILES string of the molecule is O=C(CCCl)c1cccc(O)c1C(O)C(=O)O. The summed E-state index contributed by atoms with van der Waals surface area (Å²) in [6, 6.07) is 3.95. The Labute approximate surface area is 102 Å². The predicted octanol–water partition coefficient (Wildman–Crippen LogP) is 1.32. The molecule has 1 rings (SSSR count). The number of Topliss-reactive ketones (excluding diaryl/α,β-unsaturated/α-hetero) is 1. The van der Waals surface area contributed by atoms with E-state index in [9.17, 15) is 19.8 Å². The van der Waals surface area contributed by atoms with E-state index in [0.29, 0.717) is 0 Å². The lowest BCUT2D eigenvalue weighted by atomic mass is 9.97. The normalized spacial score (nSPS) is 12.1. The van der Waals surface area contributed by atoms with E-state index in [0.717, 1.165) is 0 Å². The Kier molecular flexibility index (Phi) is 4.48. The van der Waals surface area contributed by atoms with Gasteiger partial charge < -0.3 is 15.3 Å². The van der Waals surface area contributed by atoms with Gasteiger partial charge in [0.25, 0.3) is 0 Å². The van der Waals surface area contributed by atoms with Crippen molar-refractivity contribution >= 4 is 23.4 Å². The van der Waals surface area contributed by atoms with Crippen LogP contribution in [0.1, 0.15) is 28.4 Å². The zero-order valence-corrected chi connectivity index (χ0v) is 9.52. The van der Waals surface area contributed by atoms with Gasteiger partial charge in [-0.25, -0.2) is 4.79 Å². The lowest BCUT2D eigenvalue weighted by Crippen LogP contribution is -2.15. The summed E-state index contributed by atoms with van der Waals surface area (Å²) in [5.41, 5.74) is -0.323. The summed E-state index contributed by atoms with van der Waals surface area (Å²) in [4.78, 5) is 22.3. The fraction of sp³-hybridized carbons (Fsp3) is 0.273. The van der Waals surface area contributed by atoms with E-state index in [1.165, 1.54) is 18.2 Å². The molecule has 17 heavy (non-hydrogen) atoms. The molecule has 0 heterocycles. The smallest absolute Gasteiger partial charge is 0.337 e. The number of carboxylic acids is 1. The Bertz CT molecular complexity index is 443. The van der Waals surface area contributed by atoms with Crippen molar-refractivity contribution in [2.75, 3.05) is 5.88 Å². The summed E-state index contributed by atoms with van der Waals surface area (Å²) in [6.07, 6.45) is -1.94. The van der Waals surface area contributed by atoms with Crippen molar-refractivity contribution in [1.29, 1.82) is 0 Å². The van der Waals surface area contributed by atoms with Crippen molar-refractivity contribution in [2.24, 2.45) is 0 Å². The quantitative estimate of drug-likeness (QED) is 0.547. The van der Waals surface area contributed by atoms with Crippen molar-refractivity contribution in [3.05, 3.63) is 29.3 Å². The van der Waals surface area contributed by atoms with Gasteiger partial charge in [0.05, 0.1) is 0 Å². The van der Waals surface area contributed by atoms with Crippen molar-refractivity contribution in [3.63, 3.8) is 0 Å². The molecule has 1 atom stereocenters. The lowest BCUT2D eigenvalue weighted by molar-refractivity contribution is -0.147. The molecule has 0 bridgehead atoms. The number of hydrogen-bond donors (Lipinski definition) is 3. The molecule has 0 aromatic heterocycles. The van der Waals surface area contributed by atoms with Gasteiger partial charge >= 0.3 is 5.97 Å². The van der Waals surface area contributed by atoms with E-state index >= 15 is 0 Å². The average Bonchev–Trinajstić information content (AvgIpc) is 2.28. The number of aliphatic hydroxyl groups excluding tert-OH is 1. The minimum Gasteiger partial charge on any atom is -0.508 e. The number of ketones is 1. The van der Waals surface area contributed by atoms with Crippen molar-refractivity contribution in [1.82, 2.24) is 0 Å². The Morgan fingerprint density at radius 2 is 2.00 bits per heavy atom. The van der Waals surface area contributed by atoms with Crippen molar-refractivity contribution < 1.29 is 24.9 Å². The maximum Gasteiger partial charge on any atom is 0.337 e. The summed E-state index contributed by atoms with van der Waals surface area (Å²) >= 11 is 5.42. The molecule has 6 heteroatoms. The Balaban J connectivity index is 3.26. The van der Waals surface area contributed by atoms with Gasteiger partial charge in [0.2, 0.25) is 0 Å². The zero-order valence-electron chi connectivity index (χ0n) is 8.76. The van der Waals surface area contributed by atoms with Gasteiger partial charge in [-0.2, -0.15) is 0 Å². The van der Waals surface area contributed by atoms with E-state index < -0.39 is 23.6 Å².